The Morgan fingerprint density at radius 3 is 2.21 bits per heavy atom. The first kappa shape index (κ1) is 24.6. The summed E-state index contributed by atoms with van der Waals surface area (Å²) in [5.74, 6) is -0.670. The highest BCUT2D eigenvalue weighted by Crippen LogP contribution is 2.24. The van der Waals surface area contributed by atoms with Crippen LogP contribution in [0.15, 0.2) is 72.8 Å². The lowest BCUT2D eigenvalue weighted by Crippen LogP contribution is -2.34. The number of nitrogens with zero attached hydrogens (tertiary/aromatic N) is 1. The molecule has 174 valence electrons. The van der Waals surface area contributed by atoms with Gasteiger partial charge in [-0.15, -0.1) is 0 Å². The van der Waals surface area contributed by atoms with Crippen molar-refractivity contribution in [3.63, 3.8) is 0 Å². The van der Waals surface area contributed by atoms with Crippen LogP contribution in [-0.2, 0) is 4.79 Å². The van der Waals surface area contributed by atoms with E-state index >= 15 is 0 Å². The third-order valence-electron chi connectivity index (χ3n) is 4.49. The van der Waals surface area contributed by atoms with Gasteiger partial charge < -0.3 is 15.4 Å². The van der Waals surface area contributed by atoms with Crippen molar-refractivity contribution in [3.8, 4) is 5.75 Å². The minimum atomic E-state index is -0.789. The Morgan fingerprint density at radius 2 is 1.56 bits per heavy atom. The number of halogens is 1. The molecule has 0 saturated heterocycles. The predicted molar refractivity (Wildman–Crippen MR) is 133 cm³/mol. The van der Waals surface area contributed by atoms with Crippen molar-refractivity contribution >= 4 is 57.8 Å². The maximum atomic E-state index is 12.4. The van der Waals surface area contributed by atoms with Crippen LogP contribution < -0.4 is 20.7 Å². The number of carbonyl (C=O) groups is 2. The molecule has 0 aliphatic heterocycles. The molecule has 1 atom stereocenters. The van der Waals surface area contributed by atoms with Gasteiger partial charge in [-0.1, -0.05) is 35.9 Å². The third-order valence-corrected chi connectivity index (χ3v) is 5.01. The second kappa shape index (κ2) is 11.2. The van der Waals surface area contributed by atoms with Gasteiger partial charge in [-0.2, -0.15) is 0 Å². The van der Waals surface area contributed by atoms with E-state index in [2.05, 4.69) is 16.0 Å². The molecule has 3 aromatic carbocycles. The molecule has 3 aromatic rings. The summed E-state index contributed by atoms with van der Waals surface area (Å²) >= 11 is 11.2. The average molecular weight is 499 g/mol. The second-order valence-electron chi connectivity index (χ2n) is 6.94. The number of nitro benzene ring substituents is 1. The van der Waals surface area contributed by atoms with E-state index in [1.807, 2.05) is 0 Å². The van der Waals surface area contributed by atoms with Crippen molar-refractivity contribution in [2.75, 3.05) is 10.6 Å². The summed E-state index contributed by atoms with van der Waals surface area (Å²) in [7, 11) is 0. The van der Waals surface area contributed by atoms with E-state index in [9.17, 15) is 19.7 Å². The predicted octanol–water partition coefficient (Wildman–Crippen LogP) is 4.78. The van der Waals surface area contributed by atoms with Gasteiger partial charge in [-0.25, -0.2) is 0 Å². The van der Waals surface area contributed by atoms with Crippen molar-refractivity contribution in [1.82, 2.24) is 5.32 Å². The van der Waals surface area contributed by atoms with Crippen molar-refractivity contribution in [3.05, 3.63) is 93.5 Å². The standard InChI is InChI=1S/C23H19ClN4O5S/c1-14(33-20-9-5-3-7-18(20)24)21(29)25-15-10-12-16(13-11-15)26-23(34)27-22(30)17-6-2-4-8-19(17)28(31)32/h2-14H,1H3,(H,25,29)(H2,26,27,30,34). The number of amides is 2. The Kier molecular flexibility index (Phi) is 8.12. The molecule has 0 aliphatic carbocycles. The molecular weight excluding hydrogens is 480 g/mol. The molecule has 0 aromatic heterocycles. The number of benzene rings is 3. The monoisotopic (exact) mass is 498 g/mol. The van der Waals surface area contributed by atoms with Crippen LogP contribution >= 0.6 is 23.8 Å². The van der Waals surface area contributed by atoms with Gasteiger partial charge in [0.1, 0.15) is 11.3 Å². The Labute approximate surface area is 205 Å². The maximum Gasteiger partial charge on any atom is 0.282 e. The quantitative estimate of drug-likeness (QED) is 0.243. The van der Waals surface area contributed by atoms with Crippen LogP contribution in [0.1, 0.15) is 17.3 Å². The maximum absolute atomic E-state index is 12.4. The van der Waals surface area contributed by atoms with Gasteiger partial charge in [0.25, 0.3) is 17.5 Å². The normalized spacial score (nSPS) is 11.1. The number of para-hydroxylation sites is 2. The Bertz CT molecular complexity index is 1240. The zero-order valence-electron chi connectivity index (χ0n) is 17.8. The molecule has 0 bridgehead atoms. The molecule has 1 unspecified atom stereocenters. The van der Waals surface area contributed by atoms with Gasteiger partial charge in [0.2, 0.25) is 0 Å². The summed E-state index contributed by atoms with van der Waals surface area (Å²) in [5.41, 5.74) is 0.615. The zero-order valence-corrected chi connectivity index (χ0v) is 19.4. The molecule has 0 saturated carbocycles. The molecule has 11 heteroatoms. The van der Waals surface area contributed by atoms with E-state index in [0.29, 0.717) is 22.1 Å². The molecule has 0 fully saturated rings. The fourth-order valence-corrected chi connectivity index (χ4v) is 3.21. The molecule has 9 nitrogen and oxygen atoms in total. The Morgan fingerprint density at radius 1 is 0.971 bits per heavy atom. The average Bonchev–Trinajstić information content (AvgIpc) is 2.81. The highest BCUT2D eigenvalue weighted by molar-refractivity contribution is 7.80. The minimum absolute atomic E-state index is 0.0401. The molecule has 0 heterocycles. The Balaban J connectivity index is 1.54. The summed E-state index contributed by atoms with van der Waals surface area (Å²) < 4.78 is 5.60. The van der Waals surface area contributed by atoms with Crippen molar-refractivity contribution in [2.24, 2.45) is 0 Å². The van der Waals surface area contributed by atoms with E-state index in [1.165, 1.54) is 24.3 Å². The lowest BCUT2D eigenvalue weighted by molar-refractivity contribution is -0.385. The van der Waals surface area contributed by atoms with E-state index in [1.54, 1.807) is 55.5 Å². The smallest absolute Gasteiger partial charge is 0.282 e. The first-order valence-corrected chi connectivity index (χ1v) is 10.7. The summed E-state index contributed by atoms with van der Waals surface area (Å²) in [6.45, 7) is 1.60. The van der Waals surface area contributed by atoms with Gasteiger partial charge in [0.05, 0.1) is 9.95 Å². The van der Waals surface area contributed by atoms with Crippen molar-refractivity contribution in [1.29, 1.82) is 0 Å². The largest absolute Gasteiger partial charge is 0.479 e. The topological polar surface area (TPSA) is 123 Å². The number of nitrogens with one attached hydrogen (secondary N) is 3. The van der Waals surface area contributed by atoms with E-state index in [4.69, 9.17) is 28.6 Å². The first-order valence-electron chi connectivity index (χ1n) is 9.92. The van der Waals surface area contributed by atoms with Crippen LogP contribution in [0.25, 0.3) is 0 Å². The van der Waals surface area contributed by atoms with Crippen LogP contribution in [0.4, 0.5) is 17.1 Å². The number of hydrogen-bond acceptors (Lipinski definition) is 6. The fourth-order valence-electron chi connectivity index (χ4n) is 2.82. The van der Waals surface area contributed by atoms with Gasteiger partial charge >= 0.3 is 0 Å². The van der Waals surface area contributed by atoms with Crippen LogP contribution in [0.5, 0.6) is 5.75 Å². The number of anilines is 2. The third kappa shape index (κ3) is 6.50. The zero-order chi connectivity index (χ0) is 24.7. The number of hydrogen-bond donors (Lipinski definition) is 3. The van der Waals surface area contributed by atoms with Gasteiger partial charge in [-0.05, 0) is 61.6 Å². The van der Waals surface area contributed by atoms with E-state index in [0.717, 1.165) is 0 Å². The van der Waals surface area contributed by atoms with E-state index in [-0.39, 0.29) is 22.3 Å². The van der Waals surface area contributed by atoms with Crippen LogP contribution in [0.2, 0.25) is 5.02 Å². The summed E-state index contributed by atoms with van der Waals surface area (Å²) in [4.78, 5) is 35.2. The van der Waals surface area contributed by atoms with E-state index < -0.39 is 16.9 Å². The molecule has 3 rings (SSSR count). The number of thiocarbonyl (C=S) groups is 1. The summed E-state index contributed by atoms with van der Waals surface area (Å²) in [6, 6.07) is 19.0. The van der Waals surface area contributed by atoms with Crippen LogP contribution in [0.3, 0.4) is 0 Å². The molecular formula is C23H19ClN4O5S. The highest BCUT2D eigenvalue weighted by atomic mass is 35.5. The summed E-state index contributed by atoms with van der Waals surface area (Å²) in [6.07, 6.45) is -0.789. The van der Waals surface area contributed by atoms with Gasteiger partial charge in [0, 0.05) is 17.4 Å². The number of carbonyl (C=O) groups excluding carboxylic acids is 2. The fraction of sp³-hybridized carbons (Fsp3) is 0.0870. The van der Waals surface area contributed by atoms with Gasteiger partial charge in [0.15, 0.2) is 11.2 Å². The lowest BCUT2D eigenvalue weighted by Gasteiger charge is -2.16. The molecule has 2 amide bonds. The number of nitro groups is 1. The second-order valence-corrected chi connectivity index (χ2v) is 7.76. The van der Waals surface area contributed by atoms with Crippen molar-refractivity contribution < 1.29 is 19.2 Å². The molecule has 0 spiro atoms. The highest BCUT2D eigenvalue weighted by Gasteiger charge is 2.20. The lowest BCUT2D eigenvalue weighted by atomic mass is 10.1. The minimum Gasteiger partial charge on any atom is -0.479 e. The molecule has 0 radical (unpaired) electrons. The van der Waals surface area contributed by atoms with Gasteiger partial charge in [-0.3, -0.25) is 25.0 Å². The summed E-state index contributed by atoms with van der Waals surface area (Å²) in [5, 5.41) is 19.4. The molecule has 34 heavy (non-hydrogen) atoms. The van der Waals surface area contributed by atoms with Crippen molar-refractivity contribution in [2.45, 2.75) is 13.0 Å². The first-order chi connectivity index (χ1) is 16.2. The SMILES string of the molecule is CC(Oc1ccccc1Cl)C(=O)Nc1ccc(NC(=S)NC(=O)c2ccccc2[N+](=O)[O-])cc1. The molecule has 3 N–H and O–H groups in total. The van der Waals surface area contributed by atoms with Crippen LogP contribution in [-0.4, -0.2) is 28.0 Å². The number of rotatable bonds is 7. The van der Waals surface area contributed by atoms with Crippen LogP contribution in [0, 0.1) is 10.1 Å². The Hall–Kier alpha value is -4.02. The number of ether oxygens (including phenoxy) is 1. The molecule has 0 aliphatic rings.